The van der Waals surface area contributed by atoms with Gasteiger partial charge in [-0.25, -0.2) is 13.8 Å². The van der Waals surface area contributed by atoms with Crippen LogP contribution in [0, 0.1) is 28.9 Å². The van der Waals surface area contributed by atoms with Crippen molar-refractivity contribution in [2.75, 3.05) is 10.6 Å². The summed E-state index contributed by atoms with van der Waals surface area (Å²) in [5, 5.41) is 18.5. The van der Waals surface area contributed by atoms with Crippen LogP contribution in [0.1, 0.15) is 16.7 Å². The SMILES string of the molecule is [B]C(Nc1cc(Cl)c2ncc(C#N)c(Nc3cnc(F)c(F)c3)c2c1)(C1=CN(Cc2ccccc2)NN1)c1ccc(F)cc1. The Balaban J connectivity index is 1.42. The molecule has 0 bridgehead atoms. The molecule has 1 aliphatic rings. The van der Waals surface area contributed by atoms with Gasteiger partial charge in [-0.1, -0.05) is 54.1 Å². The number of anilines is 3. The Kier molecular flexibility index (Phi) is 7.74. The lowest BCUT2D eigenvalue weighted by molar-refractivity contribution is 0.262. The minimum Gasteiger partial charge on any atom is -0.378 e. The van der Waals surface area contributed by atoms with Crippen LogP contribution >= 0.6 is 11.6 Å². The van der Waals surface area contributed by atoms with E-state index < -0.39 is 23.0 Å². The smallest absolute Gasteiger partial charge is 0.249 e. The molecule has 3 heterocycles. The minimum absolute atomic E-state index is 0.103. The number of hydrazine groups is 2. The predicted molar refractivity (Wildman–Crippen MR) is 163 cm³/mol. The van der Waals surface area contributed by atoms with Gasteiger partial charge in [-0.15, -0.1) is 5.53 Å². The van der Waals surface area contributed by atoms with Gasteiger partial charge in [0.25, 0.3) is 0 Å². The number of nitrogens with one attached hydrogen (secondary N) is 4. The Morgan fingerprint density at radius 2 is 1.75 bits per heavy atom. The molecule has 5 aromatic rings. The molecule has 3 aromatic carbocycles. The molecular weight excluding hydrogens is 588 g/mol. The Morgan fingerprint density at radius 3 is 2.48 bits per heavy atom. The fourth-order valence-electron chi connectivity index (χ4n) is 4.84. The van der Waals surface area contributed by atoms with Crippen LogP contribution in [0.3, 0.4) is 0 Å². The van der Waals surface area contributed by atoms with Crippen LogP contribution in [0.15, 0.2) is 97.1 Å². The molecule has 44 heavy (non-hydrogen) atoms. The first-order chi connectivity index (χ1) is 21.2. The van der Waals surface area contributed by atoms with Crippen LogP contribution in [0.2, 0.25) is 5.02 Å². The van der Waals surface area contributed by atoms with Crippen LogP contribution in [0.25, 0.3) is 10.9 Å². The molecule has 1 aliphatic heterocycles. The van der Waals surface area contributed by atoms with Crippen molar-refractivity contribution >= 4 is 47.4 Å². The zero-order valence-corrected chi connectivity index (χ0v) is 23.5. The largest absolute Gasteiger partial charge is 0.378 e. The molecule has 0 fully saturated rings. The number of benzene rings is 3. The molecular formula is C31H21BClF3N8. The zero-order chi connectivity index (χ0) is 30.8. The molecule has 0 saturated heterocycles. The topological polar surface area (TPSA) is 101 Å². The third-order valence-electron chi connectivity index (χ3n) is 6.99. The van der Waals surface area contributed by atoms with E-state index in [0.29, 0.717) is 34.4 Å². The number of nitrogens with zero attached hydrogens (tertiary/aromatic N) is 4. The Labute approximate surface area is 256 Å². The van der Waals surface area contributed by atoms with Crippen molar-refractivity contribution < 1.29 is 13.2 Å². The summed E-state index contributed by atoms with van der Waals surface area (Å²) in [6, 6.07) is 21.8. The van der Waals surface area contributed by atoms with E-state index in [9.17, 15) is 18.4 Å². The lowest BCUT2D eigenvalue weighted by atomic mass is 9.69. The molecule has 6 rings (SSSR count). The highest BCUT2D eigenvalue weighted by atomic mass is 35.5. The number of hydrogen-bond acceptors (Lipinski definition) is 8. The summed E-state index contributed by atoms with van der Waals surface area (Å²) in [4.78, 5) is 7.74. The molecule has 216 valence electrons. The molecule has 2 aromatic heterocycles. The van der Waals surface area contributed by atoms with Crippen molar-refractivity contribution in [3.05, 3.63) is 136 Å². The fourth-order valence-corrected chi connectivity index (χ4v) is 5.11. The average molecular weight is 609 g/mol. The monoisotopic (exact) mass is 608 g/mol. The van der Waals surface area contributed by atoms with Gasteiger partial charge in [-0.2, -0.15) is 9.65 Å². The first-order valence-corrected chi connectivity index (χ1v) is 13.6. The highest BCUT2D eigenvalue weighted by Crippen LogP contribution is 2.38. The van der Waals surface area contributed by atoms with Gasteiger partial charge in [-0.05, 0) is 35.4 Å². The molecule has 4 N–H and O–H groups in total. The number of hydrogen-bond donors (Lipinski definition) is 4. The number of aromatic nitrogens is 2. The summed E-state index contributed by atoms with van der Waals surface area (Å²) >= 11 is 6.67. The molecule has 0 saturated carbocycles. The lowest BCUT2D eigenvalue weighted by Crippen LogP contribution is -2.45. The maximum absolute atomic E-state index is 13.9. The van der Waals surface area contributed by atoms with E-state index in [2.05, 4.69) is 37.6 Å². The van der Waals surface area contributed by atoms with E-state index in [-0.39, 0.29) is 22.0 Å². The maximum atomic E-state index is 13.9. The van der Waals surface area contributed by atoms with E-state index in [0.717, 1.165) is 17.8 Å². The standard InChI is InChI=1S/C31H21BClF3N8/c32-31(20-6-8-21(34)9-7-20,27-17-44(43-42-27)16-18-4-2-1-3-5-18)41-22-10-24-28(40-23-12-26(35)30(36)39-15-23)19(13-37)14-38-29(24)25(33)11-22/h1-12,14-15,17,41-43H,16H2,(H,38,40). The van der Waals surface area contributed by atoms with Crippen molar-refractivity contribution in [3.63, 3.8) is 0 Å². The van der Waals surface area contributed by atoms with Gasteiger partial charge in [-0.3, -0.25) is 9.99 Å². The summed E-state index contributed by atoms with van der Waals surface area (Å²) in [6.07, 6.45) is 4.22. The number of fused-ring (bicyclic) bond motifs is 1. The highest BCUT2D eigenvalue weighted by Gasteiger charge is 2.34. The third kappa shape index (κ3) is 5.70. The molecule has 0 aliphatic carbocycles. The van der Waals surface area contributed by atoms with Gasteiger partial charge in [0.05, 0.1) is 51.4 Å². The quantitative estimate of drug-likeness (QED) is 0.124. The van der Waals surface area contributed by atoms with E-state index in [1.54, 1.807) is 30.5 Å². The van der Waals surface area contributed by atoms with Gasteiger partial charge in [0, 0.05) is 29.5 Å². The number of nitriles is 1. The van der Waals surface area contributed by atoms with Crippen molar-refractivity contribution in [2.45, 2.75) is 12.0 Å². The van der Waals surface area contributed by atoms with Crippen molar-refractivity contribution in [1.82, 2.24) is 25.9 Å². The maximum Gasteiger partial charge on any atom is 0.249 e. The summed E-state index contributed by atoms with van der Waals surface area (Å²) < 4.78 is 41.3. The van der Waals surface area contributed by atoms with Gasteiger partial charge >= 0.3 is 0 Å². The first-order valence-electron chi connectivity index (χ1n) is 13.2. The van der Waals surface area contributed by atoms with Crippen molar-refractivity contribution in [1.29, 1.82) is 5.26 Å². The molecule has 0 amide bonds. The summed E-state index contributed by atoms with van der Waals surface area (Å²) in [7, 11) is 7.06. The summed E-state index contributed by atoms with van der Waals surface area (Å²) in [6.45, 7) is 0.523. The number of pyridine rings is 2. The zero-order valence-electron chi connectivity index (χ0n) is 22.7. The van der Waals surface area contributed by atoms with Crippen LogP contribution in [-0.4, -0.2) is 22.8 Å². The number of rotatable bonds is 8. The Bertz CT molecular complexity index is 1940. The van der Waals surface area contributed by atoms with Crippen molar-refractivity contribution in [2.24, 2.45) is 0 Å². The molecule has 8 nitrogen and oxygen atoms in total. The highest BCUT2D eigenvalue weighted by molar-refractivity contribution is 6.36. The second-order valence-corrected chi connectivity index (χ2v) is 10.4. The molecule has 2 radical (unpaired) electrons. The lowest BCUT2D eigenvalue weighted by Gasteiger charge is -2.34. The Hall–Kier alpha value is -5.25. The van der Waals surface area contributed by atoms with Gasteiger partial charge in [0.1, 0.15) is 19.7 Å². The summed E-state index contributed by atoms with van der Waals surface area (Å²) in [5.41, 5.74) is 8.05. The molecule has 1 unspecified atom stereocenters. The van der Waals surface area contributed by atoms with Gasteiger partial charge < -0.3 is 16.1 Å². The molecule has 13 heteroatoms. The Morgan fingerprint density at radius 1 is 0.977 bits per heavy atom. The van der Waals surface area contributed by atoms with Gasteiger partial charge in [0.15, 0.2) is 5.82 Å². The minimum atomic E-state index is -1.44. The third-order valence-corrected chi connectivity index (χ3v) is 7.28. The normalized spacial score (nSPS) is 14.0. The summed E-state index contributed by atoms with van der Waals surface area (Å²) in [5.74, 6) is -2.84. The predicted octanol–water partition coefficient (Wildman–Crippen LogP) is 6.12. The average Bonchev–Trinajstić information content (AvgIpc) is 3.49. The van der Waals surface area contributed by atoms with Crippen LogP contribution in [0.4, 0.5) is 30.2 Å². The van der Waals surface area contributed by atoms with E-state index in [4.69, 9.17) is 19.4 Å². The van der Waals surface area contributed by atoms with Crippen molar-refractivity contribution in [3.8, 4) is 6.07 Å². The molecule has 0 spiro atoms. The van der Waals surface area contributed by atoms with Gasteiger partial charge in [0.2, 0.25) is 5.95 Å². The van der Waals surface area contributed by atoms with Crippen LogP contribution in [0.5, 0.6) is 0 Å². The van der Waals surface area contributed by atoms with E-state index in [1.165, 1.54) is 18.3 Å². The van der Waals surface area contributed by atoms with E-state index in [1.807, 2.05) is 35.3 Å². The fraction of sp³-hybridized carbons (Fsp3) is 0.0645. The van der Waals surface area contributed by atoms with E-state index >= 15 is 0 Å². The van der Waals surface area contributed by atoms with Crippen LogP contribution < -0.4 is 21.6 Å². The second-order valence-electron chi connectivity index (χ2n) is 9.97. The molecule has 1 atom stereocenters. The first kappa shape index (κ1) is 28.9. The number of halogens is 4. The van der Waals surface area contributed by atoms with Crippen LogP contribution in [-0.2, 0) is 12.0 Å². The second kappa shape index (κ2) is 11.8.